The molecule has 1 aromatic rings. The standard InChI is InChI=1S/C16H24N2O4S/c1-12(17)15-9-5-6-10-18(15)23(20,21)11-13-7-3-4-8-14(13)16(19)22-2/h3-4,7-8,12,15H,5-6,9-11,17H2,1-2H3. The summed E-state index contributed by atoms with van der Waals surface area (Å²) >= 11 is 0. The Hall–Kier alpha value is -1.44. The molecule has 2 rings (SSSR count). The molecule has 7 heteroatoms. The van der Waals surface area contributed by atoms with Gasteiger partial charge >= 0.3 is 5.97 Å². The first-order valence-electron chi connectivity index (χ1n) is 7.78. The summed E-state index contributed by atoms with van der Waals surface area (Å²) in [7, 11) is -2.27. The molecule has 128 valence electrons. The number of nitrogens with zero attached hydrogens (tertiary/aromatic N) is 1. The van der Waals surface area contributed by atoms with Gasteiger partial charge in [-0.2, -0.15) is 4.31 Å². The zero-order valence-corrected chi connectivity index (χ0v) is 14.4. The number of benzene rings is 1. The monoisotopic (exact) mass is 340 g/mol. The largest absolute Gasteiger partial charge is 0.465 e. The summed E-state index contributed by atoms with van der Waals surface area (Å²) in [6.45, 7) is 2.32. The van der Waals surface area contributed by atoms with Gasteiger partial charge in [-0.3, -0.25) is 0 Å². The van der Waals surface area contributed by atoms with Crippen LogP contribution in [0.15, 0.2) is 24.3 Å². The minimum Gasteiger partial charge on any atom is -0.465 e. The van der Waals surface area contributed by atoms with Crippen LogP contribution >= 0.6 is 0 Å². The van der Waals surface area contributed by atoms with Crippen molar-refractivity contribution in [3.8, 4) is 0 Å². The lowest BCUT2D eigenvalue weighted by Gasteiger charge is -2.37. The van der Waals surface area contributed by atoms with Crippen molar-refractivity contribution in [3.05, 3.63) is 35.4 Å². The molecule has 1 aromatic carbocycles. The van der Waals surface area contributed by atoms with Crippen LogP contribution in [0.2, 0.25) is 0 Å². The third kappa shape index (κ3) is 4.10. The van der Waals surface area contributed by atoms with Crippen LogP contribution in [0, 0.1) is 0 Å². The van der Waals surface area contributed by atoms with Crippen molar-refractivity contribution in [3.63, 3.8) is 0 Å². The number of hydrogen-bond acceptors (Lipinski definition) is 5. The summed E-state index contributed by atoms with van der Waals surface area (Å²) in [6, 6.07) is 6.23. The molecular formula is C16H24N2O4S. The number of carbonyl (C=O) groups is 1. The molecule has 0 spiro atoms. The second-order valence-corrected chi connectivity index (χ2v) is 7.86. The highest BCUT2D eigenvalue weighted by molar-refractivity contribution is 7.88. The summed E-state index contributed by atoms with van der Waals surface area (Å²) in [5.74, 6) is -0.750. The van der Waals surface area contributed by atoms with Gasteiger partial charge in [0.25, 0.3) is 0 Å². The van der Waals surface area contributed by atoms with Crippen LogP contribution in [0.1, 0.15) is 42.1 Å². The quantitative estimate of drug-likeness (QED) is 0.821. The van der Waals surface area contributed by atoms with Crippen molar-refractivity contribution in [1.29, 1.82) is 0 Å². The van der Waals surface area contributed by atoms with Gasteiger partial charge in [0, 0.05) is 18.6 Å². The number of ether oxygens (including phenoxy) is 1. The Morgan fingerprint density at radius 3 is 2.74 bits per heavy atom. The van der Waals surface area contributed by atoms with E-state index in [1.807, 2.05) is 6.92 Å². The van der Waals surface area contributed by atoms with Crippen LogP contribution in [-0.4, -0.2) is 44.4 Å². The number of hydrogen-bond donors (Lipinski definition) is 1. The van der Waals surface area contributed by atoms with Crippen molar-refractivity contribution in [1.82, 2.24) is 4.31 Å². The first-order chi connectivity index (χ1) is 10.9. The predicted molar refractivity (Wildman–Crippen MR) is 88.4 cm³/mol. The van der Waals surface area contributed by atoms with Crippen molar-refractivity contribution < 1.29 is 17.9 Å². The number of methoxy groups -OCH3 is 1. The second-order valence-electron chi connectivity index (χ2n) is 5.94. The smallest absolute Gasteiger partial charge is 0.338 e. The summed E-state index contributed by atoms with van der Waals surface area (Å²) in [5.41, 5.74) is 6.70. The number of nitrogens with two attached hydrogens (primary N) is 1. The molecule has 2 unspecified atom stereocenters. The topological polar surface area (TPSA) is 89.7 Å². The number of carbonyl (C=O) groups excluding carboxylic acids is 1. The van der Waals surface area contributed by atoms with Crippen LogP contribution < -0.4 is 5.73 Å². The number of rotatable bonds is 5. The minimum absolute atomic E-state index is 0.181. The summed E-state index contributed by atoms with van der Waals surface area (Å²) < 4.78 is 31.9. The Bertz CT molecular complexity index is 658. The Morgan fingerprint density at radius 2 is 2.09 bits per heavy atom. The molecule has 6 nitrogen and oxygen atoms in total. The van der Waals surface area contributed by atoms with Crippen LogP contribution in [0.5, 0.6) is 0 Å². The zero-order chi connectivity index (χ0) is 17.0. The molecule has 1 heterocycles. The fourth-order valence-electron chi connectivity index (χ4n) is 3.04. The van der Waals surface area contributed by atoms with E-state index < -0.39 is 16.0 Å². The first kappa shape index (κ1) is 17.9. The second kappa shape index (κ2) is 7.42. The molecule has 0 aromatic heterocycles. The summed E-state index contributed by atoms with van der Waals surface area (Å²) in [6.07, 6.45) is 2.59. The molecule has 0 radical (unpaired) electrons. The van der Waals surface area contributed by atoms with Gasteiger partial charge in [-0.1, -0.05) is 24.6 Å². The molecule has 23 heavy (non-hydrogen) atoms. The molecule has 0 amide bonds. The Kier molecular flexibility index (Phi) is 5.78. The third-order valence-electron chi connectivity index (χ3n) is 4.22. The highest BCUT2D eigenvalue weighted by Crippen LogP contribution is 2.25. The molecule has 0 bridgehead atoms. The maximum atomic E-state index is 12.9. The van der Waals surface area contributed by atoms with E-state index in [1.54, 1.807) is 24.3 Å². The molecule has 1 fully saturated rings. The van der Waals surface area contributed by atoms with E-state index in [9.17, 15) is 13.2 Å². The lowest BCUT2D eigenvalue weighted by molar-refractivity contribution is 0.0600. The van der Waals surface area contributed by atoms with Gasteiger partial charge in [0.05, 0.1) is 18.4 Å². The SMILES string of the molecule is COC(=O)c1ccccc1CS(=O)(=O)N1CCCCC1C(C)N. The molecule has 1 aliphatic rings. The molecule has 1 saturated heterocycles. The Morgan fingerprint density at radius 1 is 1.39 bits per heavy atom. The lowest BCUT2D eigenvalue weighted by atomic mass is 10.00. The van der Waals surface area contributed by atoms with Gasteiger partial charge in [-0.05, 0) is 31.4 Å². The van der Waals surface area contributed by atoms with Gasteiger partial charge in [0.15, 0.2) is 0 Å². The van der Waals surface area contributed by atoms with Gasteiger partial charge in [-0.25, -0.2) is 13.2 Å². The van der Waals surface area contributed by atoms with Crippen LogP contribution in [0.3, 0.4) is 0 Å². The average molecular weight is 340 g/mol. The fourth-order valence-corrected chi connectivity index (χ4v) is 4.96. The maximum Gasteiger partial charge on any atom is 0.338 e. The normalized spacial score (nSPS) is 20.9. The molecular weight excluding hydrogens is 316 g/mol. The van der Waals surface area contributed by atoms with E-state index in [0.29, 0.717) is 12.1 Å². The fraction of sp³-hybridized carbons (Fsp3) is 0.562. The van der Waals surface area contributed by atoms with E-state index >= 15 is 0 Å². The Labute approximate surface area is 137 Å². The number of sulfonamides is 1. The van der Waals surface area contributed by atoms with E-state index in [1.165, 1.54) is 11.4 Å². The van der Waals surface area contributed by atoms with E-state index in [0.717, 1.165) is 19.3 Å². The molecule has 1 aliphatic heterocycles. The van der Waals surface area contributed by atoms with Crippen LogP contribution in [0.4, 0.5) is 0 Å². The zero-order valence-electron chi connectivity index (χ0n) is 13.6. The first-order valence-corrected chi connectivity index (χ1v) is 9.39. The predicted octanol–water partition coefficient (Wildman–Crippen LogP) is 1.50. The molecule has 2 N–H and O–H groups in total. The van der Waals surface area contributed by atoms with Crippen LogP contribution in [0.25, 0.3) is 0 Å². The number of piperidine rings is 1. The maximum absolute atomic E-state index is 12.9. The van der Waals surface area contributed by atoms with Crippen molar-refractivity contribution >= 4 is 16.0 Å². The van der Waals surface area contributed by atoms with E-state index in [2.05, 4.69) is 0 Å². The summed E-state index contributed by atoms with van der Waals surface area (Å²) in [4.78, 5) is 11.8. The van der Waals surface area contributed by atoms with E-state index in [4.69, 9.17) is 10.5 Å². The molecule has 0 saturated carbocycles. The molecule has 0 aliphatic carbocycles. The van der Waals surface area contributed by atoms with Crippen LogP contribution in [-0.2, 0) is 20.5 Å². The summed E-state index contributed by atoms with van der Waals surface area (Å²) in [5, 5.41) is 0. The lowest BCUT2D eigenvalue weighted by Crippen LogP contribution is -2.51. The van der Waals surface area contributed by atoms with Gasteiger partial charge in [0.1, 0.15) is 0 Å². The van der Waals surface area contributed by atoms with Gasteiger partial charge < -0.3 is 10.5 Å². The average Bonchev–Trinajstić information content (AvgIpc) is 2.54. The van der Waals surface area contributed by atoms with E-state index in [-0.39, 0.29) is 23.4 Å². The molecule has 2 atom stereocenters. The Balaban J connectivity index is 2.29. The van der Waals surface area contributed by atoms with Crippen molar-refractivity contribution in [2.75, 3.05) is 13.7 Å². The third-order valence-corrected chi connectivity index (χ3v) is 6.07. The highest BCUT2D eigenvalue weighted by atomic mass is 32.2. The minimum atomic E-state index is -3.55. The van der Waals surface area contributed by atoms with Crippen molar-refractivity contribution in [2.24, 2.45) is 5.73 Å². The van der Waals surface area contributed by atoms with Gasteiger partial charge in [-0.15, -0.1) is 0 Å². The van der Waals surface area contributed by atoms with Gasteiger partial charge in [0.2, 0.25) is 10.0 Å². The van der Waals surface area contributed by atoms with Crippen molar-refractivity contribution in [2.45, 2.75) is 44.0 Å². The number of esters is 1. The highest BCUT2D eigenvalue weighted by Gasteiger charge is 2.34.